The third-order valence-corrected chi connectivity index (χ3v) is 5.49. The second kappa shape index (κ2) is 11.3. The summed E-state index contributed by atoms with van der Waals surface area (Å²) in [6.07, 6.45) is 1.75. The monoisotopic (exact) mass is 465 g/mol. The van der Waals surface area contributed by atoms with E-state index in [2.05, 4.69) is 35.9 Å². The Kier molecular flexibility index (Phi) is 8.26. The molecule has 172 valence electrons. The summed E-state index contributed by atoms with van der Waals surface area (Å²) in [5, 5.41) is 11.9. The van der Waals surface area contributed by atoms with Gasteiger partial charge in [-0.05, 0) is 42.3 Å². The molecule has 0 unspecified atom stereocenters. The van der Waals surface area contributed by atoms with Gasteiger partial charge in [0.15, 0.2) is 11.0 Å². The molecule has 1 aromatic heterocycles. The average molecular weight is 466 g/mol. The number of carbonyl (C=O) groups excluding carboxylic acids is 2. The number of nitrogens with two attached hydrogens (primary N) is 1. The first-order valence-electron chi connectivity index (χ1n) is 10.5. The lowest BCUT2D eigenvalue weighted by Crippen LogP contribution is -2.19. The maximum atomic E-state index is 12.5. The van der Waals surface area contributed by atoms with Gasteiger partial charge in [0.1, 0.15) is 5.75 Å². The molecular weight excluding hydrogens is 438 g/mol. The highest BCUT2D eigenvalue weighted by Crippen LogP contribution is 2.26. The minimum absolute atomic E-state index is 0.0877. The number of anilines is 1. The van der Waals surface area contributed by atoms with Crippen molar-refractivity contribution < 1.29 is 14.3 Å². The number of nitrogens with one attached hydrogen (secondary N) is 1. The number of thioether (sulfide) groups is 1. The Hall–Kier alpha value is -3.59. The molecule has 8 nitrogen and oxygen atoms in total. The van der Waals surface area contributed by atoms with E-state index in [4.69, 9.17) is 10.5 Å². The predicted octanol–water partition coefficient (Wildman–Crippen LogP) is 4.00. The van der Waals surface area contributed by atoms with Crippen molar-refractivity contribution in [1.29, 1.82) is 0 Å². The number of aromatic nitrogens is 3. The van der Waals surface area contributed by atoms with Crippen LogP contribution in [0.15, 0.2) is 66.3 Å². The second-order valence-electron chi connectivity index (χ2n) is 7.68. The summed E-state index contributed by atoms with van der Waals surface area (Å²) < 4.78 is 7.64. The van der Waals surface area contributed by atoms with Crippen molar-refractivity contribution in [1.82, 2.24) is 14.8 Å². The molecule has 0 saturated carbocycles. The molecule has 0 aliphatic rings. The minimum atomic E-state index is -0.602. The molecule has 0 saturated heterocycles. The number of rotatable bonds is 11. The Morgan fingerprint density at radius 2 is 1.91 bits per heavy atom. The lowest BCUT2D eigenvalue weighted by atomic mass is 10.1. The first-order valence-corrected chi connectivity index (χ1v) is 11.5. The Bertz CT molecular complexity index is 1130. The smallest absolute Gasteiger partial charge is 0.250 e. The van der Waals surface area contributed by atoms with Crippen LogP contribution in [0.3, 0.4) is 0 Å². The van der Waals surface area contributed by atoms with E-state index in [1.807, 2.05) is 28.8 Å². The van der Waals surface area contributed by atoms with Crippen molar-refractivity contribution in [3.63, 3.8) is 0 Å². The van der Waals surface area contributed by atoms with Crippen molar-refractivity contribution >= 4 is 29.3 Å². The SMILES string of the molecule is C=CCn1c(SCC(=O)Nc2ccccc2C(N)=O)nnc1-c1ccc(OCC(C)C)cc1. The molecule has 3 N–H and O–H groups in total. The number of benzene rings is 2. The third-order valence-electron chi connectivity index (χ3n) is 4.52. The highest BCUT2D eigenvalue weighted by Gasteiger charge is 2.16. The van der Waals surface area contributed by atoms with E-state index in [0.29, 0.717) is 35.7 Å². The van der Waals surface area contributed by atoms with Crippen LogP contribution in [0, 0.1) is 5.92 Å². The fourth-order valence-corrected chi connectivity index (χ4v) is 3.74. The van der Waals surface area contributed by atoms with Gasteiger partial charge in [0.05, 0.1) is 23.6 Å². The third kappa shape index (κ3) is 6.45. The van der Waals surface area contributed by atoms with E-state index in [1.54, 1.807) is 30.3 Å². The number of ether oxygens (including phenoxy) is 1. The maximum Gasteiger partial charge on any atom is 0.250 e. The van der Waals surface area contributed by atoms with Crippen molar-refractivity contribution in [3.05, 3.63) is 66.7 Å². The zero-order valence-electron chi connectivity index (χ0n) is 18.7. The number of para-hydroxylation sites is 1. The van der Waals surface area contributed by atoms with Crippen LogP contribution in [-0.2, 0) is 11.3 Å². The Morgan fingerprint density at radius 3 is 2.58 bits per heavy atom. The number of hydrogen-bond donors (Lipinski definition) is 2. The van der Waals surface area contributed by atoms with E-state index in [0.717, 1.165) is 11.3 Å². The number of primary amides is 1. The van der Waals surface area contributed by atoms with E-state index in [9.17, 15) is 9.59 Å². The van der Waals surface area contributed by atoms with Gasteiger partial charge in [-0.25, -0.2) is 0 Å². The largest absolute Gasteiger partial charge is 0.493 e. The zero-order chi connectivity index (χ0) is 23.8. The van der Waals surface area contributed by atoms with Gasteiger partial charge in [0, 0.05) is 12.1 Å². The van der Waals surface area contributed by atoms with Crippen LogP contribution in [0.2, 0.25) is 0 Å². The molecule has 0 bridgehead atoms. The maximum absolute atomic E-state index is 12.5. The van der Waals surface area contributed by atoms with Gasteiger partial charge >= 0.3 is 0 Å². The molecule has 33 heavy (non-hydrogen) atoms. The summed E-state index contributed by atoms with van der Waals surface area (Å²) in [5.74, 6) is 1.12. The first-order chi connectivity index (χ1) is 15.9. The molecule has 0 atom stereocenters. The summed E-state index contributed by atoms with van der Waals surface area (Å²) in [6, 6.07) is 14.3. The lowest BCUT2D eigenvalue weighted by Gasteiger charge is -2.11. The summed E-state index contributed by atoms with van der Waals surface area (Å²) in [5.41, 5.74) is 6.89. The van der Waals surface area contributed by atoms with Gasteiger partial charge < -0.3 is 15.8 Å². The Morgan fingerprint density at radius 1 is 1.18 bits per heavy atom. The number of hydrogen-bond acceptors (Lipinski definition) is 6. The molecule has 1 heterocycles. The minimum Gasteiger partial charge on any atom is -0.493 e. The van der Waals surface area contributed by atoms with Crippen molar-refractivity contribution in [2.24, 2.45) is 11.7 Å². The molecule has 3 aromatic rings. The number of nitrogens with zero attached hydrogens (tertiary/aromatic N) is 3. The Balaban J connectivity index is 1.70. The standard InChI is InChI=1S/C24H27N5O3S/c1-4-13-29-23(17-9-11-18(12-10-17)32-14-16(2)3)27-28-24(29)33-15-21(30)26-20-8-6-5-7-19(20)22(25)31/h4-12,16H,1,13-15H2,2-3H3,(H2,25,31)(H,26,30). The molecule has 0 radical (unpaired) electrons. The van der Waals surface area contributed by atoms with Crippen LogP contribution in [0.1, 0.15) is 24.2 Å². The van der Waals surface area contributed by atoms with Crippen LogP contribution in [0.5, 0.6) is 5.75 Å². The first kappa shape index (κ1) is 24.1. The normalized spacial score (nSPS) is 10.8. The van der Waals surface area contributed by atoms with Gasteiger partial charge in [0.2, 0.25) is 5.91 Å². The number of amides is 2. The highest BCUT2D eigenvalue weighted by atomic mass is 32.2. The quantitative estimate of drug-likeness (QED) is 0.327. The molecule has 0 fully saturated rings. The number of allylic oxidation sites excluding steroid dienone is 1. The van der Waals surface area contributed by atoms with E-state index in [-0.39, 0.29) is 17.2 Å². The molecule has 9 heteroatoms. The second-order valence-corrected chi connectivity index (χ2v) is 8.62. The van der Waals surface area contributed by atoms with E-state index in [1.165, 1.54) is 11.8 Å². The van der Waals surface area contributed by atoms with Gasteiger partial charge in [-0.3, -0.25) is 14.2 Å². The lowest BCUT2D eigenvalue weighted by molar-refractivity contribution is -0.113. The van der Waals surface area contributed by atoms with Crippen LogP contribution in [0.4, 0.5) is 5.69 Å². The topological polar surface area (TPSA) is 112 Å². The molecule has 2 aromatic carbocycles. The van der Waals surface area contributed by atoms with Gasteiger partial charge in [0.25, 0.3) is 5.91 Å². The summed E-state index contributed by atoms with van der Waals surface area (Å²) in [4.78, 5) is 24.0. The molecule has 2 amide bonds. The highest BCUT2D eigenvalue weighted by molar-refractivity contribution is 7.99. The van der Waals surface area contributed by atoms with Crippen molar-refractivity contribution in [2.45, 2.75) is 25.5 Å². The Labute approximate surface area is 197 Å². The van der Waals surface area contributed by atoms with Crippen LogP contribution >= 0.6 is 11.8 Å². The van der Waals surface area contributed by atoms with Crippen molar-refractivity contribution in [3.8, 4) is 17.1 Å². The average Bonchev–Trinajstić information content (AvgIpc) is 3.19. The van der Waals surface area contributed by atoms with Crippen molar-refractivity contribution in [2.75, 3.05) is 17.7 Å². The summed E-state index contributed by atoms with van der Waals surface area (Å²) in [6.45, 7) is 9.15. The van der Waals surface area contributed by atoms with Gasteiger partial charge in [-0.2, -0.15) is 0 Å². The summed E-state index contributed by atoms with van der Waals surface area (Å²) in [7, 11) is 0. The van der Waals surface area contributed by atoms with Crippen LogP contribution in [0.25, 0.3) is 11.4 Å². The van der Waals surface area contributed by atoms with Crippen LogP contribution < -0.4 is 15.8 Å². The predicted molar refractivity (Wildman–Crippen MR) is 130 cm³/mol. The van der Waals surface area contributed by atoms with Crippen LogP contribution in [-0.4, -0.2) is 38.9 Å². The molecule has 0 aliphatic carbocycles. The van der Waals surface area contributed by atoms with Gasteiger partial charge in [-0.1, -0.05) is 43.8 Å². The fraction of sp³-hybridized carbons (Fsp3) is 0.250. The van der Waals surface area contributed by atoms with E-state index >= 15 is 0 Å². The number of carbonyl (C=O) groups is 2. The van der Waals surface area contributed by atoms with Gasteiger partial charge in [-0.15, -0.1) is 16.8 Å². The molecule has 0 spiro atoms. The molecule has 3 rings (SSSR count). The molecule has 0 aliphatic heterocycles. The summed E-state index contributed by atoms with van der Waals surface area (Å²) >= 11 is 1.25. The zero-order valence-corrected chi connectivity index (χ0v) is 19.5. The fourth-order valence-electron chi connectivity index (χ4n) is 2.99. The molecular formula is C24H27N5O3S. The van der Waals surface area contributed by atoms with E-state index < -0.39 is 5.91 Å².